The van der Waals surface area contributed by atoms with E-state index < -0.39 is 5.91 Å². The van der Waals surface area contributed by atoms with Crippen molar-refractivity contribution >= 4 is 40.4 Å². The quantitative estimate of drug-likeness (QED) is 0.843. The van der Waals surface area contributed by atoms with Gasteiger partial charge in [-0.25, -0.2) is 0 Å². The summed E-state index contributed by atoms with van der Waals surface area (Å²) >= 11 is 10.8. The minimum Gasteiger partial charge on any atom is -0.389 e. The fourth-order valence-electron chi connectivity index (χ4n) is 1.35. The predicted molar refractivity (Wildman–Crippen MR) is 71.8 cm³/mol. The number of hydrogen-bond donors (Lipinski definition) is 2. The van der Waals surface area contributed by atoms with Crippen molar-refractivity contribution in [3.8, 4) is 0 Å². The maximum absolute atomic E-state index is 11.8. The van der Waals surface area contributed by atoms with Gasteiger partial charge in [-0.05, 0) is 18.2 Å². The average molecular weight is 282 g/mol. The number of amides is 1. The third-order valence-electron chi connectivity index (χ3n) is 2.17. The number of aromatic nitrogens is 1. The smallest absolute Gasteiger partial charge is 0.277 e. The van der Waals surface area contributed by atoms with E-state index in [4.69, 9.17) is 29.6 Å². The largest absolute Gasteiger partial charge is 0.389 e. The molecule has 1 amide bonds. The number of anilines is 1. The molecule has 7 heteroatoms. The fourth-order valence-corrected chi connectivity index (χ4v) is 1.70. The van der Waals surface area contributed by atoms with Crippen molar-refractivity contribution in [2.75, 3.05) is 5.32 Å². The van der Waals surface area contributed by atoms with Crippen molar-refractivity contribution in [1.82, 2.24) is 5.16 Å². The summed E-state index contributed by atoms with van der Waals surface area (Å²) in [4.78, 5) is 12.0. The van der Waals surface area contributed by atoms with E-state index in [2.05, 4.69) is 15.0 Å². The number of halogens is 1. The molecule has 2 aromatic rings. The van der Waals surface area contributed by atoms with Gasteiger partial charge in [0.15, 0.2) is 5.69 Å². The van der Waals surface area contributed by atoms with E-state index in [1.807, 2.05) is 0 Å². The molecule has 3 N–H and O–H groups in total. The summed E-state index contributed by atoms with van der Waals surface area (Å²) in [5, 5.41) is 6.61. The number of rotatable bonds is 3. The Kier molecular flexibility index (Phi) is 3.59. The van der Waals surface area contributed by atoms with E-state index in [1.165, 1.54) is 12.3 Å². The minimum absolute atomic E-state index is 0.156. The molecular formula is C11H8ClN3O2S. The van der Waals surface area contributed by atoms with Crippen molar-refractivity contribution in [1.29, 1.82) is 0 Å². The maximum atomic E-state index is 11.8. The van der Waals surface area contributed by atoms with Crippen molar-refractivity contribution in [3.05, 3.63) is 46.8 Å². The SMILES string of the molecule is NC(=S)c1ccc(Cl)cc1NC(=O)c1ccon1. The molecule has 1 aromatic carbocycles. The van der Waals surface area contributed by atoms with Gasteiger partial charge in [-0.1, -0.05) is 29.0 Å². The highest BCUT2D eigenvalue weighted by atomic mass is 35.5. The van der Waals surface area contributed by atoms with E-state index in [9.17, 15) is 4.79 Å². The molecule has 0 bridgehead atoms. The first-order chi connectivity index (χ1) is 8.58. The van der Waals surface area contributed by atoms with Gasteiger partial charge >= 0.3 is 0 Å². The monoisotopic (exact) mass is 281 g/mol. The second-order valence-corrected chi connectivity index (χ2v) is 4.27. The summed E-state index contributed by atoms with van der Waals surface area (Å²) in [5.74, 6) is -0.427. The van der Waals surface area contributed by atoms with Gasteiger partial charge in [0.05, 0.1) is 5.69 Å². The Labute approximate surface area is 113 Å². The highest BCUT2D eigenvalue weighted by molar-refractivity contribution is 7.80. The van der Waals surface area contributed by atoms with Crippen LogP contribution < -0.4 is 11.1 Å². The molecule has 0 saturated heterocycles. The Hall–Kier alpha value is -1.92. The summed E-state index contributed by atoms with van der Waals surface area (Å²) < 4.78 is 4.59. The number of nitrogens with one attached hydrogen (secondary N) is 1. The molecule has 0 aliphatic heterocycles. The van der Waals surface area contributed by atoms with E-state index in [1.54, 1.807) is 18.2 Å². The van der Waals surface area contributed by atoms with Crippen LogP contribution in [0.2, 0.25) is 5.02 Å². The molecule has 0 saturated carbocycles. The van der Waals surface area contributed by atoms with Crippen molar-refractivity contribution in [2.24, 2.45) is 5.73 Å². The normalized spacial score (nSPS) is 10.1. The number of benzene rings is 1. The Morgan fingerprint density at radius 2 is 2.22 bits per heavy atom. The lowest BCUT2D eigenvalue weighted by molar-refractivity contribution is 0.101. The van der Waals surface area contributed by atoms with Gasteiger partial charge in [-0.2, -0.15) is 0 Å². The van der Waals surface area contributed by atoms with E-state index in [0.717, 1.165) is 0 Å². The first-order valence-electron chi connectivity index (χ1n) is 4.89. The summed E-state index contributed by atoms with van der Waals surface area (Å²) in [5.41, 5.74) is 6.69. The molecule has 0 aliphatic rings. The van der Waals surface area contributed by atoms with Crippen molar-refractivity contribution < 1.29 is 9.32 Å². The first-order valence-corrected chi connectivity index (χ1v) is 5.67. The number of thiocarbonyl (C=S) groups is 1. The van der Waals surface area contributed by atoms with Crippen molar-refractivity contribution in [3.63, 3.8) is 0 Å². The molecule has 1 heterocycles. The number of carbonyl (C=O) groups excluding carboxylic acids is 1. The number of hydrogen-bond acceptors (Lipinski definition) is 4. The van der Waals surface area contributed by atoms with Gasteiger partial charge < -0.3 is 15.6 Å². The van der Waals surface area contributed by atoms with Crippen molar-refractivity contribution in [2.45, 2.75) is 0 Å². The summed E-state index contributed by atoms with van der Waals surface area (Å²) in [6.07, 6.45) is 1.31. The molecule has 2 rings (SSSR count). The Morgan fingerprint density at radius 3 is 2.83 bits per heavy atom. The van der Waals surface area contributed by atoms with Crippen LogP contribution in [0.15, 0.2) is 35.1 Å². The van der Waals surface area contributed by atoms with Crippen LogP contribution in [0.5, 0.6) is 0 Å². The number of carbonyl (C=O) groups is 1. The van der Waals surface area contributed by atoms with Crippen LogP contribution in [0, 0.1) is 0 Å². The zero-order chi connectivity index (χ0) is 13.1. The van der Waals surface area contributed by atoms with E-state index in [0.29, 0.717) is 16.3 Å². The van der Waals surface area contributed by atoms with Gasteiger partial charge in [-0.3, -0.25) is 4.79 Å². The maximum Gasteiger partial charge on any atom is 0.277 e. The molecule has 0 aliphatic carbocycles. The highest BCUT2D eigenvalue weighted by Gasteiger charge is 2.13. The van der Waals surface area contributed by atoms with Crippen LogP contribution in [-0.2, 0) is 0 Å². The zero-order valence-electron chi connectivity index (χ0n) is 9.01. The van der Waals surface area contributed by atoms with Crippen LogP contribution in [0.1, 0.15) is 16.1 Å². The highest BCUT2D eigenvalue weighted by Crippen LogP contribution is 2.21. The molecular weight excluding hydrogens is 274 g/mol. The second kappa shape index (κ2) is 5.16. The van der Waals surface area contributed by atoms with Crippen LogP contribution in [0.25, 0.3) is 0 Å². The van der Waals surface area contributed by atoms with Gasteiger partial charge in [0.2, 0.25) is 0 Å². The molecule has 92 valence electrons. The summed E-state index contributed by atoms with van der Waals surface area (Å²) in [6, 6.07) is 6.29. The molecule has 0 unspecified atom stereocenters. The lowest BCUT2D eigenvalue weighted by Gasteiger charge is -2.09. The molecule has 0 fully saturated rings. The molecule has 1 aromatic heterocycles. The van der Waals surface area contributed by atoms with E-state index >= 15 is 0 Å². The average Bonchev–Trinajstić information content (AvgIpc) is 2.81. The van der Waals surface area contributed by atoms with Gasteiger partial charge in [0, 0.05) is 16.7 Å². The molecule has 18 heavy (non-hydrogen) atoms. The molecule has 0 radical (unpaired) electrons. The Balaban J connectivity index is 2.31. The zero-order valence-corrected chi connectivity index (χ0v) is 10.6. The lowest BCUT2D eigenvalue weighted by atomic mass is 10.1. The Morgan fingerprint density at radius 1 is 1.44 bits per heavy atom. The fraction of sp³-hybridized carbons (Fsp3) is 0. The summed E-state index contributed by atoms with van der Waals surface area (Å²) in [6.45, 7) is 0. The van der Waals surface area contributed by atoms with Crippen LogP contribution in [0.4, 0.5) is 5.69 Å². The summed E-state index contributed by atoms with van der Waals surface area (Å²) in [7, 11) is 0. The Bertz CT molecular complexity index is 598. The lowest BCUT2D eigenvalue weighted by Crippen LogP contribution is -2.17. The van der Waals surface area contributed by atoms with Gasteiger partial charge in [-0.15, -0.1) is 0 Å². The van der Waals surface area contributed by atoms with E-state index in [-0.39, 0.29) is 10.7 Å². The first kappa shape index (κ1) is 12.5. The number of nitrogens with two attached hydrogens (primary N) is 1. The number of nitrogens with zero attached hydrogens (tertiary/aromatic N) is 1. The topological polar surface area (TPSA) is 81.1 Å². The van der Waals surface area contributed by atoms with Crippen LogP contribution in [0.3, 0.4) is 0 Å². The van der Waals surface area contributed by atoms with Crippen LogP contribution >= 0.6 is 23.8 Å². The predicted octanol–water partition coefficient (Wildman–Crippen LogP) is 2.21. The minimum atomic E-state index is -0.427. The third-order valence-corrected chi connectivity index (χ3v) is 2.62. The van der Waals surface area contributed by atoms with Gasteiger partial charge in [0.1, 0.15) is 11.3 Å². The molecule has 5 nitrogen and oxygen atoms in total. The van der Waals surface area contributed by atoms with Crippen LogP contribution in [-0.4, -0.2) is 16.1 Å². The third kappa shape index (κ3) is 2.66. The van der Waals surface area contributed by atoms with Gasteiger partial charge in [0.25, 0.3) is 5.91 Å². The standard InChI is InChI=1S/C11H8ClN3O2S/c12-6-1-2-7(10(13)18)9(5-6)14-11(16)8-3-4-17-15-8/h1-5H,(H2,13,18)(H,14,16). The molecule has 0 spiro atoms. The second-order valence-electron chi connectivity index (χ2n) is 3.39. The molecule has 0 atom stereocenters.